The minimum atomic E-state index is -0.971. The molecule has 0 saturated heterocycles. The van der Waals surface area contributed by atoms with Crippen LogP contribution in [-0.2, 0) is 9.59 Å². The van der Waals surface area contributed by atoms with Gasteiger partial charge in [0.15, 0.2) is 0 Å². The quantitative estimate of drug-likeness (QED) is 0.789. The number of benzene rings is 1. The first-order chi connectivity index (χ1) is 11.0. The molecular formula is C19H20O4. The maximum atomic E-state index is 11.8. The molecule has 0 amide bonds. The van der Waals surface area contributed by atoms with E-state index in [1.165, 1.54) is 0 Å². The number of carboxylic acids is 2. The van der Waals surface area contributed by atoms with Gasteiger partial charge in [-0.2, -0.15) is 0 Å². The molecule has 2 N–H and O–H groups in total. The molecule has 0 unspecified atom stereocenters. The van der Waals surface area contributed by atoms with Crippen LogP contribution < -0.4 is 0 Å². The van der Waals surface area contributed by atoms with Gasteiger partial charge in [0.05, 0.1) is 11.8 Å². The molecule has 1 saturated carbocycles. The second kappa shape index (κ2) is 7.09. The number of allylic oxidation sites excluding steroid dienone is 5. The molecule has 4 nitrogen and oxygen atoms in total. The summed E-state index contributed by atoms with van der Waals surface area (Å²) in [6.45, 7) is 5.45. The third kappa shape index (κ3) is 3.11. The molecule has 1 aromatic carbocycles. The van der Waals surface area contributed by atoms with Gasteiger partial charge < -0.3 is 10.2 Å². The Balaban J connectivity index is 2.50. The van der Waals surface area contributed by atoms with E-state index in [0.717, 1.165) is 5.56 Å². The second-order valence-corrected chi connectivity index (χ2v) is 5.59. The molecule has 0 spiro atoms. The van der Waals surface area contributed by atoms with E-state index in [9.17, 15) is 19.8 Å². The molecular weight excluding hydrogens is 292 g/mol. The van der Waals surface area contributed by atoms with Crippen molar-refractivity contribution in [3.63, 3.8) is 0 Å². The van der Waals surface area contributed by atoms with Crippen molar-refractivity contribution in [2.75, 3.05) is 0 Å². The average molecular weight is 312 g/mol. The zero-order valence-electron chi connectivity index (χ0n) is 12.9. The lowest BCUT2D eigenvalue weighted by Crippen LogP contribution is -2.53. The Hall–Kier alpha value is -2.62. The number of hydrogen-bond donors (Lipinski definition) is 2. The largest absolute Gasteiger partial charge is 0.481 e. The first-order valence-corrected chi connectivity index (χ1v) is 7.48. The Labute approximate surface area is 135 Å². The molecule has 0 radical (unpaired) electrons. The highest BCUT2D eigenvalue weighted by Crippen LogP contribution is 2.55. The Morgan fingerprint density at radius 2 is 1.61 bits per heavy atom. The zero-order valence-corrected chi connectivity index (χ0v) is 12.9. The van der Waals surface area contributed by atoms with E-state index in [1.54, 1.807) is 48.6 Å². The van der Waals surface area contributed by atoms with Crippen LogP contribution in [0.4, 0.5) is 0 Å². The first-order valence-electron chi connectivity index (χ1n) is 7.48. The predicted octanol–water partition coefficient (Wildman–Crippen LogP) is 3.49. The van der Waals surface area contributed by atoms with E-state index in [4.69, 9.17) is 0 Å². The number of rotatable bonds is 6. The molecule has 1 fully saturated rings. The van der Waals surface area contributed by atoms with Crippen LogP contribution in [0.5, 0.6) is 0 Å². The summed E-state index contributed by atoms with van der Waals surface area (Å²) in [6.07, 6.45) is 6.79. The predicted molar refractivity (Wildman–Crippen MR) is 88.0 cm³/mol. The summed E-state index contributed by atoms with van der Waals surface area (Å²) in [6, 6.07) is 9.01. The lowest BCUT2D eigenvalue weighted by molar-refractivity contribution is -0.162. The molecule has 4 heteroatoms. The van der Waals surface area contributed by atoms with E-state index in [0.29, 0.717) is 5.57 Å². The van der Waals surface area contributed by atoms with Crippen LogP contribution >= 0.6 is 0 Å². The standard InChI is InChI=1S/C19H20O4/c1-3-8-12(9-4-2)14-16(18(20)21)15(17(14)19(22)23)13-10-6-5-7-11-13/h3-11,14-17H,1H2,2H3,(H,20,21)(H,22,23)/b9-4-,12-8+/t14?,15?,16-,17-/m0/s1. The average Bonchev–Trinajstić information content (AvgIpc) is 2.47. The Morgan fingerprint density at radius 3 is 2.04 bits per heavy atom. The van der Waals surface area contributed by atoms with Crippen molar-refractivity contribution in [1.29, 1.82) is 0 Å². The Kier molecular flexibility index (Phi) is 5.16. The molecule has 23 heavy (non-hydrogen) atoms. The van der Waals surface area contributed by atoms with Crippen LogP contribution in [0.15, 0.2) is 66.8 Å². The van der Waals surface area contributed by atoms with Crippen molar-refractivity contribution in [1.82, 2.24) is 0 Å². The van der Waals surface area contributed by atoms with E-state index in [2.05, 4.69) is 6.58 Å². The van der Waals surface area contributed by atoms with Gasteiger partial charge >= 0.3 is 11.9 Å². The first kappa shape index (κ1) is 16.7. The Morgan fingerprint density at radius 1 is 1.04 bits per heavy atom. The fraction of sp³-hybridized carbons (Fsp3) is 0.263. The van der Waals surface area contributed by atoms with Gasteiger partial charge in [-0.1, -0.05) is 61.2 Å². The molecule has 2 atom stereocenters. The number of aliphatic carboxylic acids is 2. The molecule has 2 rings (SSSR count). The van der Waals surface area contributed by atoms with E-state index < -0.39 is 35.6 Å². The summed E-state index contributed by atoms with van der Waals surface area (Å²) in [5, 5.41) is 19.3. The molecule has 1 aromatic rings. The number of carbonyl (C=O) groups is 2. The normalized spacial score (nSPS) is 27.4. The molecule has 0 aromatic heterocycles. The lowest BCUT2D eigenvalue weighted by atomic mass is 9.52. The fourth-order valence-electron chi connectivity index (χ4n) is 3.47. The summed E-state index contributed by atoms with van der Waals surface area (Å²) >= 11 is 0. The highest BCUT2D eigenvalue weighted by atomic mass is 16.4. The molecule has 1 aliphatic carbocycles. The van der Waals surface area contributed by atoms with Crippen LogP contribution in [-0.4, -0.2) is 22.2 Å². The van der Waals surface area contributed by atoms with Gasteiger partial charge in [-0.25, -0.2) is 0 Å². The molecule has 0 bridgehead atoms. The fourth-order valence-corrected chi connectivity index (χ4v) is 3.47. The minimum absolute atomic E-state index is 0.533. The van der Waals surface area contributed by atoms with Gasteiger partial charge in [0, 0.05) is 11.8 Å². The molecule has 1 aliphatic rings. The van der Waals surface area contributed by atoms with Crippen LogP contribution in [0.3, 0.4) is 0 Å². The third-order valence-electron chi connectivity index (χ3n) is 4.36. The van der Waals surface area contributed by atoms with Crippen molar-refractivity contribution in [2.45, 2.75) is 12.8 Å². The van der Waals surface area contributed by atoms with Crippen LogP contribution in [0, 0.1) is 17.8 Å². The van der Waals surface area contributed by atoms with Gasteiger partial charge in [0.25, 0.3) is 0 Å². The van der Waals surface area contributed by atoms with E-state index >= 15 is 0 Å². The smallest absolute Gasteiger partial charge is 0.307 e. The Bertz CT molecular complexity index is 635. The monoisotopic (exact) mass is 312 g/mol. The van der Waals surface area contributed by atoms with Crippen molar-refractivity contribution < 1.29 is 19.8 Å². The topological polar surface area (TPSA) is 74.6 Å². The van der Waals surface area contributed by atoms with E-state index in [1.807, 2.05) is 13.0 Å². The lowest BCUT2D eigenvalue weighted by Gasteiger charge is -2.48. The molecule has 0 heterocycles. The van der Waals surface area contributed by atoms with Crippen LogP contribution in [0.1, 0.15) is 18.4 Å². The van der Waals surface area contributed by atoms with Crippen molar-refractivity contribution >= 4 is 11.9 Å². The summed E-state index contributed by atoms with van der Waals surface area (Å²) < 4.78 is 0. The molecule has 0 aliphatic heterocycles. The number of carboxylic acid groups (broad SMARTS) is 2. The number of hydrogen-bond acceptors (Lipinski definition) is 2. The summed E-state index contributed by atoms with van der Waals surface area (Å²) in [5.41, 5.74) is 1.44. The van der Waals surface area contributed by atoms with Gasteiger partial charge in [0.2, 0.25) is 0 Å². The van der Waals surface area contributed by atoms with Gasteiger partial charge in [-0.3, -0.25) is 9.59 Å². The summed E-state index contributed by atoms with van der Waals surface area (Å²) in [7, 11) is 0. The minimum Gasteiger partial charge on any atom is -0.481 e. The second-order valence-electron chi connectivity index (χ2n) is 5.59. The molecule has 120 valence electrons. The van der Waals surface area contributed by atoms with Crippen molar-refractivity contribution in [2.24, 2.45) is 17.8 Å². The maximum absolute atomic E-state index is 11.8. The van der Waals surface area contributed by atoms with Gasteiger partial charge in [-0.15, -0.1) is 0 Å². The van der Waals surface area contributed by atoms with Gasteiger partial charge in [-0.05, 0) is 18.1 Å². The highest BCUT2D eigenvalue weighted by molar-refractivity contribution is 5.83. The summed E-state index contributed by atoms with van der Waals surface area (Å²) in [4.78, 5) is 23.6. The van der Waals surface area contributed by atoms with Gasteiger partial charge in [0.1, 0.15) is 0 Å². The zero-order chi connectivity index (χ0) is 17.0. The van der Waals surface area contributed by atoms with Crippen LogP contribution in [0.2, 0.25) is 0 Å². The van der Waals surface area contributed by atoms with Crippen molar-refractivity contribution in [3.05, 3.63) is 72.4 Å². The third-order valence-corrected chi connectivity index (χ3v) is 4.36. The summed E-state index contributed by atoms with van der Waals surface area (Å²) in [5.74, 6) is -4.57. The maximum Gasteiger partial charge on any atom is 0.307 e. The SMILES string of the molecule is C=C/C=C(\C=C/C)C1[C@H](C(=O)O)C(c2ccccc2)[C@H]1C(=O)O. The van der Waals surface area contributed by atoms with Crippen LogP contribution in [0.25, 0.3) is 0 Å². The van der Waals surface area contributed by atoms with Crippen molar-refractivity contribution in [3.8, 4) is 0 Å². The van der Waals surface area contributed by atoms with E-state index in [-0.39, 0.29) is 0 Å². The highest BCUT2D eigenvalue weighted by Gasteiger charge is 2.58.